The number of rotatable bonds is 2. The molecule has 2 aliphatic carbocycles. The fourth-order valence-corrected chi connectivity index (χ4v) is 2.18. The number of hydrogen-bond acceptors (Lipinski definition) is 2. The summed E-state index contributed by atoms with van der Waals surface area (Å²) in [7, 11) is 0. The van der Waals surface area contributed by atoms with Crippen molar-refractivity contribution < 1.29 is 9.53 Å². The molecule has 1 fully saturated rings. The van der Waals surface area contributed by atoms with E-state index in [2.05, 4.69) is 18.7 Å². The minimum atomic E-state index is -0.314. The number of fused-ring (bicyclic) bond motifs is 1. The van der Waals surface area contributed by atoms with Gasteiger partial charge >= 0.3 is 5.97 Å². The first kappa shape index (κ1) is 9.25. The van der Waals surface area contributed by atoms with Crippen molar-refractivity contribution in [3.63, 3.8) is 0 Å². The van der Waals surface area contributed by atoms with E-state index in [1.165, 1.54) is 11.6 Å². The lowest BCUT2D eigenvalue weighted by Gasteiger charge is -2.17. The van der Waals surface area contributed by atoms with Crippen LogP contribution in [0.15, 0.2) is 36.5 Å². The van der Waals surface area contributed by atoms with Crippen LogP contribution in [0.3, 0.4) is 0 Å². The number of esters is 1. The molecule has 0 saturated heterocycles. The van der Waals surface area contributed by atoms with Crippen molar-refractivity contribution in [1.29, 1.82) is 0 Å². The molecule has 0 aromatic heterocycles. The predicted octanol–water partition coefficient (Wildman–Crippen LogP) is 2.38. The maximum atomic E-state index is 11.1. The van der Waals surface area contributed by atoms with Gasteiger partial charge in [-0.3, -0.25) is 0 Å². The third-order valence-electron chi connectivity index (χ3n) is 2.89. The standard InChI is InChI=1S/C12H14O2/c1-2-12(13)14-11-8-7-9-5-3-4-6-10(9)11/h2-4,6,9,11H,1,5,7-8H2. The third kappa shape index (κ3) is 1.65. The lowest BCUT2D eigenvalue weighted by molar-refractivity contribution is -0.141. The molecule has 0 aromatic carbocycles. The molecular formula is C12H14O2. The van der Waals surface area contributed by atoms with Crippen LogP contribution in [0.1, 0.15) is 19.3 Å². The summed E-state index contributed by atoms with van der Waals surface area (Å²) in [6.45, 7) is 3.40. The summed E-state index contributed by atoms with van der Waals surface area (Å²) in [5, 5.41) is 0. The minimum Gasteiger partial charge on any atom is -0.455 e. The molecule has 2 atom stereocenters. The van der Waals surface area contributed by atoms with Crippen LogP contribution < -0.4 is 0 Å². The normalized spacial score (nSPS) is 29.3. The quantitative estimate of drug-likeness (QED) is 0.493. The van der Waals surface area contributed by atoms with Crippen LogP contribution in [0.5, 0.6) is 0 Å². The van der Waals surface area contributed by atoms with E-state index in [0.29, 0.717) is 5.92 Å². The van der Waals surface area contributed by atoms with Gasteiger partial charge in [0.05, 0.1) is 0 Å². The lowest BCUT2D eigenvalue weighted by Crippen LogP contribution is -2.16. The van der Waals surface area contributed by atoms with Gasteiger partial charge in [-0.2, -0.15) is 0 Å². The Morgan fingerprint density at radius 2 is 2.43 bits per heavy atom. The molecule has 74 valence electrons. The Bertz CT molecular complexity index is 312. The average molecular weight is 190 g/mol. The van der Waals surface area contributed by atoms with E-state index in [-0.39, 0.29) is 12.1 Å². The van der Waals surface area contributed by atoms with E-state index in [9.17, 15) is 4.79 Å². The Kier molecular flexibility index (Phi) is 2.53. The molecule has 0 heterocycles. The van der Waals surface area contributed by atoms with Crippen LogP contribution in [0.4, 0.5) is 0 Å². The van der Waals surface area contributed by atoms with Crippen LogP contribution in [-0.2, 0) is 9.53 Å². The monoisotopic (exact) mass is 190 g/mol. The Labute approximate surface area is 83.9 Å². The molecule has 0 radical (unpaired) electrons. The van der Waals surface area contributed by atoms with Gasteiger partial charge in [0.1, 0.15) is 6.10 Å². The summed E-state index contributed by atoms with van der Waals surface area (Å²) in [5.74, 6) is 0.286. The Morgan fingerprint density at radius 1 is 1.57 bits per heavy atom. The zero-order valence-electron chi connectivity index (χ0n) is 8.11. The third-order valence-corrected chi connectivity index (χ3v) is 2.89. The summed E-state index contributed by atoms with van der Waals surface area (Å²) in [6, 6.07) is 0. The zero-order valence-corrected chi connectivity index (χ0v) is 8.11. The Hall–Kier alpha value is -1.31. The number of ether oxygens (including phenoxy) is 1. The van der Waals surface area contributed by atoms with Crippen LogP contribution in [0.2, 0.25) is 0 Å². The van der Waals surface area contributed by atoms with Gasteiger partial charge < -0.3 is 4.74 Å². The van der Waals surface area contributed by atoms with Crippen molar-refractivity contribution in [2.45, 2.75) is 25.4 Å². The molecular weight excluding hydrogens is 176 g/mol. The van der Waals surface area contributed by atoms with Crippen molar-refractivity contribution in [3.05, 3.63) is 36.5 Å². The molecule has 0 bridgehead atoms. The number of allylic oxidation sites excluding steroid dienone is 3. The van der Waals surface area contributed by atoms with E-state index in [1.807, 2.05) is 6.08 Å². The van der Waals surface area contributed by atoms with Gasteiger partial charge in [0.15, 0.2) is 0 Å². The molecule has 1 saturated carbocycles. The topological polar surface area (TPSA) is 26.3 Å². The number of hydrogen-bond donors (Lipinski definition) is 0. The highest BCUT2D eigenvalue weighted by Gasteiger charge is 2.32. The molecule has 2 rings (SSSR count). The molecule has 0 aliphatic heterocycles. The second-order valence-corrected chi connectivity index (χ2v) is 3.73. The smallest absolute Gasteiger partial charge is 0.330 e. The van der Waals surface area contributed by atoms with Crippen molar-refractivity contribution in [2.75, 3.05) is 0 Å². The first-order valence-corrected chi connectivity index (χ1v) is 5.01. The molecule has 0 N–H and O–H groups in total. The van der Waals surface area contributed by atoms with Gasteiger partial charge in [-0.05, 0) is 30.8 Å². The lowest BCUT2D eigenvalue weighted by atomic mass is 9.94. The SMILES string of the molecule is C=CC(=O)OC1CCC2CC=CC=C21. The van der Waals surface area contributed by atoms with Crippen molar-refractivity contribution in [3.8, 4) is 0 Å². The summed E-state index contributed by atoms with van der Waals surface area (Å²) in [4.78, 5) is 11.1. The molecule has 0 spiro atoms. The van der Waals surface area contributed by atoms with Crippen LogP contribution in [0.25, 0.3) is 0 Å². The van der Waals surface area contributed by atoms with Crippen LogP contribution in [0, 0.1) is 5.92 Å². The largest absolute Gasteiger partial charge is 0.455 e. The second kappa shape index (κ2) is 3.82. The highest BCUT2D eigenvalue weighted by molar-refractivity contribution is 5.81. The van der Waals surface area contributed by atoms with Crippen molar-refractivity contribution in [1.82, 2.24) is 0 Å². The van der Waals surface area contributed by atoms with Gasteiger partial charge in [-0.25, -0.2) is 4.79 Å². The van der Waals surface area contributed by atoms with E-state index in [4.69, 9.17) is 4.74 Å². The van der Waals surface area contributed by atoms with Gasteiger partial charge in [-0.15, -0.1) is 0 Å². The average Bonchev–Trinajstić information content (AvgIpc) is 2.62. The second-order valence-electron chi connectivity index (χ2n) is 3.73. The molecule has 2 nitrogen and oxygen atoms in total. The summed E-state index contributed by atoms with van der Waals surface area (Å²) in [5.41, 5.74) is 1.28. The van der Waals surface area contributed by atoms with Crippen LogP contribution >= 0.6 is 0 Å². The zero-order chi connectivity index (χ0) is 9.97. The summed E-state index contributed by atoms with van der Waals surface area (Å²) in [6.07, 6.45) is 10.7. The molecule has 2 heteroatoms. The molecule has 2 unspecified atom stereocenters. The first-order valence-electron chi connectivity index (χ1n) is 5.01. The molecule has 0 aromatic rings. The van der Waals surface area contributed by atoms with Gasteiger partial charge in [0, 0.05) is 6.08 Å². The summed E-state index contributed by atoms with van der Waals surface area (Å²) < 4.78 is 5.27. The van der Waals surface area contributed by atoms with E-state index in [0.717, 1.165) is 19.3 Å². The Balaban J connectivity index is 2.07. The highest BCUT2D eigenvalue weighted by atomic mass is 16.5. The first-order chi connectivity index (χ1) is 6.81. The molecule has 14 heavy (non-hydrogen) atoms. The van der Waals surface area contributed by atoms with Gasteiger partial charge in [0.25, 0.3) is 0 Å². The van der Waals surface area contributed by atoms with Gasteiger partial charge in [-0.1, -0.05) is 24.8 Å². The Morgan fingerprint density at radius 3 is 3.21 bits per heavy atom. The molecule has 2 aliphatic rings. The van der Waals surface area contributed by atoms with Gasteiger partial charge in [0.2, 0.25) is 0 Å². The highest BCUT2D eigenvalue weighted by Crippen LogP contribution is 2.37. The van der Waals surface area contributed by atoms with Crippen molar-refractivity contribution in [2.24, 2.45) is 5.92 Å². The van der Waals surface area contributed by atoms with E-state index >= 15 is 0 Å². The number of carbonyl (C=O) groups excluding carboxylic acids is 1. The summed E-state index contributed by atoms with van der Waals surface area (Å²) >= 11 is 0. The van der Waals surface area contributed by atoms with Crippen LogP contribution in [-0.4, -0.2) is 12.1 Å². The van der Waals surface area contributed by atoms with E-state index < -0.39 is 0 Å². The van der Waals surface area contributed by atoms with Crippen molar-refractivity contribution >= 4 is 5.97 Å². The maximum Gasteiger partial charge on any atom is 0.330 e. The minimum absolute atomic E-state index is 0.00421. The fraction of sp³-hybridized carbons (Fsp3) is 0.417. The number of carbonyl (C=O) groups is 1. The predicted molar refractivity (Wildman–Crippen MR) is 54.6 cm³/mol. The maximum absolute atomic E-state index is 11.1. The van der Waals surface area contributed by atoms with E-state index in [1.54, 1.807) is 0 Å². The fourth-order valence-electron chi connectivity index (χ4n) is 2.18. The molecule has 0 amide bonds.